The van der Waals surface area contributed by atoms with Crippen molar-refractivity contribution in [2.45, 2.75) is 18.9 Å². The van der Waals surface area contributed by atoms with Crippen molar-refractivity contribution >= 4 is 17.0 Å². The van der Waals surface area contributed by atoms with Gasteiger partial charge in [0.25, 0.3) is 0 Å². The van der Waals surface area contributed by atoms with Gasteiger partial charge in [-0.05, 0) is 50.2 Å². The average molecular weight is 443 g/mol. The molecule has 3 aromatic heterocycles. The van der Waals surface area contributed by atoms with Gasteiger partial charge >= 0.3 is 0 Å². The number of benzene rings is 1. The molecule has 1 saturated heterocycles. The lowest BCUT2D eigenvalue weighted by atomic mass is 10.1. The molecular formula is C24H26N8O. The number of ether oxygens (including phenoxy) is 1. The molecule has 168 valence electrons. The fraction of sp³-hybridized carbons (Fsp3) is 0.333. The molecule has 1 aromatic carbocycles. The smallest absolute Gasteiger partial charge is 0.222 e. The number of hydrogen-bond acceptors (Lipinski definition) is 8. The lowest BCUT2D eigenvalue weighted by Crippen LogP contribution is -2.35. The molecule has 0 unspecified atom stereocenters. The van der Waals surface area contributed by atoms with Crippen molar-refractivity contribution in [1.82, 2.24) is 30.1 Å². The Balaban J connectivity index is 1.33. The molecule has 4 aromatic rings. The summed E-state index contributed by atoms with van der Waals surface area (Å²) in [6, 6.07) is 14.9. The fourth-order valence-corrected chi connectivity index (χ4v) is 4.48. The van der Waals surface area contributed by atoms with E-state index in [4.69, 9.17) is 9.72 Å². The zero-order valence-electron chi connectivity index (χ0n) is 18.5. The highest BCUT2D eigenvalue weighted by atomic mass is 16.5. The van der Waals surface area contributed by atoms with E-state index >= 15 is 0 Å². The molecule has 0 spiro atoms. The first-order chi connectivity index (χ1) is 16.3. The lowest BCUT2D eigenvalue weighted by Gasteiger charge is -2.26. The largest absolute Gasteiger partial charge is 0.486 e. The summed E-state index contributed by atoms with van der Waals surface area (Å²) in [7, 11) is 2.02. The molecule has 9 nitrogen and oxygen atoms in total. The third-order valence-electron chi connectivity index (χ3n) is 6.30. The minimum Gasteiger partial charge on any atom is -0.486 e. The first-order valence-corrected chi connectivity index (χ1v) is 11.4. The van der Waals surface area contributed by atoms with Crippen molar-refractivity contribution in [1.29, 1.82) is 0 Å². The third-order valence-corrected chi connectivity index (χ3v) is 6.30. The van der Waals surface area contributed by atoms with E-state index in [1.807, 2.05) is 25.2 Å². The van der Waals surface area contributed by atoms with Gasteiger partial charge in [0.15, 0.2) is 5.75 Å². The molecule has 2 aliphatic heterocycles. The highest BCUT2D eigenvalue weighted by molar-refractivity contribution is 5.73. The maximum Gasteiger partial charge on any atom is 0.222 e. The number of pyridine rings is 1. The minimum atomic E-state index is 0.501. The normalized spacial score (nSPS) is 16.5. The SMILES string of the molecule is CN1CCOc2c1cnn1c(-c3cccc(-c4cccc(NC5CCNCC5)c4)n3)nnc21. The van der Waals surface area contributed by atoms with Crippen LogP contribution in [0, 0.1) is 0 Å². The van der Waals surface area contributed by atoms with E-state index < -0.39 is 0 Å². The van der Waals surface area contributed by atoms with Gasteiger partial charge in [-0.25, -0.2) is 4.98 Å². The first-order valence-electron chi connectivity index (χ1n) is 11.4. The number of fused-ring (bicyclic) bond motifs is 3. The Morgan fingerprint density at radius 2 is 1.91 bits per heavy atom. The molecule has 0 radical (unpaired) electrons. The van der Waals surface area contributed by atoms with Gasteiger partial charge in [-0.2, -0.15) is 9.61 Å². The molecule has 0 aliphatic carbocycles. The molecule has 5 heterocycles. The van der Waals surface area contributed by atoms with Crippen molar-refractivity contribution in [2.75, 3.05) is 43.5 Å². The molecule has 2 aliphatic rings. The van der Waals surface area contributed by atoms with Crippen LogP contribution in [0.15, 0.2) is 48.7 Å². The number of nitrogens with zero attached hydrogens (tertiary/aromatic N) is 6. The van der Waals surface area contributed by atoms with Crippen molar-refractivity contribution in [3.8, 4) is 28.5 Å². The fourth-order valence-electron chi connectivity index (χ4n) is 4.48. The quantitative estimate of drug-likeness (QED) is 0.499. The number of likely N-dealkylation sites (N-methyl/N-ethyl adjacent to an activating group) is 1. The maximum absolute atomic E-state index is 5.89. The van der Waals surface area contributed by atoms with Gasteiger partial charge in [-0.1, -0.05) is 18.2 Å². The zero-order chi connectivity index (χ0) is 22.2. The molecule has 2 N–H and O–H groups in total. The van der Waals surface area contributed by atoms with Gasteiger partial charge in [0, 0.05) is 24.3 Å². The van der Waals surface area contributed by atoms with Gasteiger partial charge in [0.05, 0.1) is 18.4 Å². The van der Waals surface area contributed by atoms with Crippen LogP contribution in [0.1, 0.15) is 12.8 Å². The standard InChI is InChI=1S/C24H26N8O/c1-31-12-13-33-22-21(31)15-26-32-23(29-30-24(22)32)20-7-3-6-19(28-20)16-4-2-5-18(14-16)27-17-8-10-25-11-9-17/h2-7,14-15,17,25,27H,8-13H2,1H3. The van der Waals surface area contributed by atoms with Gasteiger partial charge in [0.2, 0.25) is 11.5 Å². The predicted molar refractivity (Wildman–Crippen MR) is 128 cm³/mol. The van der Waals surface area contributed by atoms with Gasteiger partial charge in [0.1, 0.15) is 18.0 Å². The topological polar surface area (TPSA) is 92.5 Å². The second-order valence-electron chi connectivity index (χ2n) is 8.55. The Bertz CT molecular complexity index is 1300. The lowest BCUT2D eigenvalue weighted by molar-refractivity contribution is 0.312. The molecule has 0 bridgehead atoms. The Morgan fingerprint density at radius 3 is 2.82 bits per heavy atom. The first kappa shape index (κ1) is 19.9. The summed E-state index contributed by atoms with van der Waals surface area (Å²) in [4.78, 5) is 7.01. The van der Waals surface area contributed by atoms with Crippen molar-refractivity contribution < 1.29 is 4.74 Å². The van der Waals surface area contributed by atoms with Crippen LogP contribution in [0.4, 0.5) is 11.4 Å². The monoisotopic (exact) mass is 442 g/mol. The predicted octanol–water partition coefficient (Wildman–Crippen LogP) is 2.85. The number of rotatable bonds is 4. The molecular weight excluding hydrogens is 416 g/mol. The van der Waals surface area contributed by atoms with E-state index in [-0.39, 0.29) is 0 Å². The second kappa shape index (κ2) is 8.32. The summed E-state index contributed by atoms with van der Waals surface area (Å²) in [6.07, 6.45) is 4.07. The van der Waals surface area contributed by atoms with E-state index in [0.29, 0.717) is 35.6 Å². The van der Waals surface area contributed by atoms with Crippen LogP contribution < -0.4 is 20.3 Å². The average Bonchev–Trinajstić information content (AvgIpc) is 3.30. The summed E-state index contributed by atoms with van der Waals surface area (Å²) >= 11 is 0. The molecule has 1 fully saturated rings. The molecule has 33 heavy (non-hydrogen) atoms. The molecule has 0 saturated carbocycles. The van der Waals surface area contributed by atoms with Crippen LogP contribution in [-0.2, 0) is 0 Å². The van der Waals surface area contributed by atoms with Gasteiger partial charge in [-0.15, -0.1) is 10.2 Å². The Kier molecular flexibility index (Phi) is 5.03. The van der Waals surface area contributed by atoms with E-state index in [2.05, 4.69) is 55.1 Å². The second-order valence-corrected chi connectivity index (χ2v) is 8.55. The van der Waals surface area contributed by atoms with Gasteiger partial charge in [-0.3, -0.25) is 0 Å². The summed E-state index contributed by atoms with van der Waals surface area (Å²) < 4.78 is 7.60. The van der Waals surface area contributed by atoms with Crippen LogP contribution in [-0.4, -0.2) is 64.1 Å². The van der Waals surface area contributed by atoms with Crippen molar-refractivity contribution in [2.24, 2.45) is 0 Å². The number of aromatic nitrogens is 5. The number of nitrogens with one attached hydrogen (secondary N) is 2. The van der Waals surface area contributed by atoms with Crippen molar-refractivity contribution in [3.63, 3.8) is 0 Å². The van der Waals surface area contributed by atoms with Crippen LogP contribution in [0.3, 0.4) is 0 Å². The molecule has 0 atom stereocenters. The summed E-state index contributed by atoms with van der Waals surface area (Å²) in [5, 5.41) is 20.4. The number of anilines is 2. The molecule has 9 heteroatoms. The van der Waals surface area contributed by atoms with E-state index in [1.165, 1.54) is 0 Å². The highest BCUT2D eigenvalue weighted by Gasteiger charge is 2.23. The van der Waals surface area contributed by atoms with Crippen molar-refractivity contribution in [3.05, 3.63) is 48.7 Å². The zero-order valence-corrected chi connectivity index (χ0v) is 18.5. The Labute approximate surface area is 191 Å². The maximum atomic E-state index is 5.89. The van der Waals surface area contributed by atoms with E-state index in [0.717, 1.165) is 55.1 Å². The highest BCUT2D eigenvalue weighted by Crippen LogP contribution is 2.34. The van der Waals surface area contributed by atoms with Crippen LogP contribution in [0.5, 0.6) is 5.75 Å². The van der Waals surface area contributed by atoms with Crippen LogP contribution in [0.2, 0.25) is 0 Å². The Hall–Kier alpha value is -3.72. The van der Waals surface area contributed by atoms with Crippen LogP contribution >= 0.6 is 0 Å². The molecule has 6 rings (SSSR count). The third kappa shape index (κ3) is 3.74. The summed E-state index contributed by atoms with van der Waals surface area (Å²) in [5.74, 6) is 1.31. The van der Waals surface area contributed by atoms with E-state index in [9.17, 15) is 0 Å². The molecule has 0 amide bonds. The van der Waals surface area contributed by atoms with Gasteiger partial charge < -0.3 is 20.3 Å². The number of piperidine rings is 1. The van der Waals surface area contributed by atoms with Crippen LogP contribution in [0.25, 0.3) is 28.4 Å². The minimum absolute atomic E-state index is 0.501. The summed E-state index contributed by atoms with van der Waals surface area (Å²) in [5.41, 5.74) is 5.30. The van der Waals surface area contributed by atoms with E-state index in [1.54, 1.807) is 10.7 Å². The summed E-state index contributed by atoms with van der Waals surface area (Å²) in [6.45, 7) is 3.56. The Morgan fingerprint density at radius 1 is 1.06 bits per heavy atom. The number of hydrogen-bond donors (Lipinski definition) is 2.